The average Bonchev–Trinajstić information content (AvgIpc) is 3.54. The predicted octanol–water partition coefficient (Wildman–Crippen LogP) is 7.76. The van der Waals surface area contributed by atoms with E-state index in [0.29, 0.717) is 68.9 Å². The number of aliphatic imine (C=N–C) groups is 2. The summed E-state index contributed by atoms with van der Waals surface area (Å²) in [5.41, 5.74) is 20.1. The molecular formula is C47H76N8O3. The normalized spacial score (nSPS) is 28.1. The van der Waals surface area contributed by atoms with Gasteiger partial charge in [0, 0.05) is 45.4 Å². The van der Waals surface area contributed by atoms with Crippen molar-refractivity contribution in [2.24, 2.45) is 73.5 Å². The summed E-state index contributed by atoms with van der Waals surface area (Å²) in [4.78, 5) is 36.5. The van der Waals surface area contributed by atoms with Gasteiger partial charge < -0.3 is 37.5 Å². The molecule has 0 aromatic heterocycles. The van der Waals surface area contributed by atoms with E-state index < -0.39 is 0 Å². The number of hydrogen-bond acceptors (Lipinski definition) is 7. The molecule has 5 rings (SSSR count). The monoisotopic (exact) mass is 801 g/mol. The molecule has 3 fully saturated rings. The van der Waals surface area contributed by atoms with Gasteiger partial charge in [-0.05, 0) is 122 Å². The molecule has 322 valence electrons. The molecule has 11 nitrogen and oxygen atoms in total. The first-order valence-corrected chi connectivity index (χ1v) is 22.5. The molecule has 4 aliphatic carbocycles. The van der Waals surface area contributed by atoms with Crippen molar-refractivity contribution >= 4 is 24.2 Å². The van der Waals surface area contributed by atoms with Crippen molar-refractivity contribution in [2.45, 2.75) is 124 Å². The molecule has 1 aromatic rings. The van der Waals surface area contributed by atoms with Crippen LogP contribution < -0.4 is 27.8 Å². The first-order valence-electron chi connectivity index (χ1n) is 22.5. The van der Waals surface area contributed by atoms with Gasteiger partial charge in [-0.1, -0.05) is 84.2 Å². The summed E-state index contributed by atoms with van der Waals surface area (Å²) < 4.78 is 6.17. The van der Waals surface area contributed by atoms with Gasteiger partial charge in [-0.2, -0.15) is 0 Å². The van der Waals surface area contributed by atoms with Gasteiger partial charge in [0.1, 0.15) is 6.10 Å². The summed E-state index contributed by atoms with van der Waals surface area (Å²) in [5, 5.41) is 5.93. The number of amides is 2. The molecule has 8 unspecified atom stereocenters. The van der Waals surface area contributed by atoms with Crippen molar-refractivity contribution in [1.29, 1.82) is 0 Å². The Bertz CT molecular complexity index is 1620. The summed E-state index contributed by atoms with van der Waals surface area (Å²) in [6, 6.07) is 7.24. The van der Waals surface area contributed by atoms with E-state index in [1.165, 1.54) is 51.4 Å². The Hall–Kier alpha value is -4.02. The van der Waals surface area contributed by atoms with Crippen LogP contribution in [0.15, 0.2) is 58.3 Å². The Morgan fingerprint density at radius 3 is 2.41 bits per heavy atom. The molecule has 8 N–H and O–H groups in total. The first kappa shape index (κ1) is 45.1. The summed E-state index contributed by atoms with van der Waals surface area (Å²) in [7, 11) is 0. The Kier molecular flexibility index (Phi) is 16.2. The highest BCUT2D eigenvalue weighted by Gasteiger charge is 2.59. The van der Waals surface area contributed by atoms with Crippen LogP contribution in [0.4, 0.5) is 4.79 Å². The zero-order valence-electron chi connectivity index (χ0n) is 36.4. The third kappa shape index (κ3) is 11.6. The molecule has 8 atom stereocenters. The number of carbonyl (C=O) groups excluding carboxylic acids is 2. The molecule has 11 heteroatoms. The summed E-state index contributed by atoms with van der Waals surface area (Å²) in [6.07, 6.45) is 19.4. The molecule has 0 bridgehead atoms. The number of urea groups is 1. The third-order valence-corrected chi connectivity index (χ3v) is 14.6. The highest BCUT2D eigenvalue weighted by atomic mass is 16.5. The third-order valence-electron chi connectivity index (χ3n) is 14.6. The van der Waals surface area contributed by atoms with Crippen molar-refractivity contribution in [1.82, 2.24) is 15.5 Å². The van der Waals surface area contributed by atoms with Crippen LogP contribution >= 0.6 is 0 Å². The lowest BCUT2D eigenvalue weighted by atomic mass is 9.47. The highest BCUT2D eigenvalue weighted by Crippen LogP contribution is 2.67. The Labute approximate surface area is 349 Å². The van der Waals surface area contributed by atoms with Gasteiger partial charge in [-0.25, -0.2) is 9.59 Å². The number of guanidine groups is 1. The minimum absolute atomic E-state index is 0.0385. The van der Waals surface area contributed by atoms with Crippen molar-refractivity contribution in [3.05, 3.63) is 59.4 Å². The lowest BCUT2D eigenvalue weighted by Gasteiger charge is -2.58. The van der Waals surface area contributed by atoms with Crippen LogP contribution in [0.2, 0.25) is 0 Å². The molecule has 3 saturated carbocycles. The number of nitrogens with two attached hydrogens (primary N) is 3. The second-order valence-electron chi connectivity index (χ2n) is 18.9. The van der Waals surface area contributed by atoms with Crippen LogP contribution in [0.1, 0.15) is 134 Å². The molecule has 58 heavy (non-hydrogen) atoms. The molecule has 0 heterocycles. The zero-order valence-corrected chi connectivity index (χ0v) is 36.4. The van der Waals surface area contributed by atoms with E-state index in [0.717, 1.165) is 60.3 Å². The van der Waals surface area contributed by atoms with E-state index in [1.54, 1.807) is 16.7 Å². The molecule has 0 saturated heterocycles. The van der Waals surface area contributed by atoms with E-state index >= 15 is 0 Å². The number of nitrogens with one attached hydrogen (secondary N) is 2. The van der Waals surface area contributed by atoms with Gasteiger partial charge in [0.15, 0.2) is 5.96 Å². The van der Waals surface area contributed by atoms with E-state index in [9.17, 15) is 9.59 Å². The number of nitrogens with zero attached hydrogens (tertiary/aromatic N) is 3. The Morgan fingerprint density at radius 2 is 1.69 bits per heavy atom. The van der Waals surface area contributed by atoms with E-state index in [1.807, 2.05) is 24.3 Å². The summed E-state index contributed by atoms with van der Waals surface area (Å²) in [5.74, 6) is 5.09. The first-order chi connectivity index (χ1) is 27.7. The number of fused-ring (bicyclic) bond motifs is 5. The number of carbonyl (C=O) groups is 2. The SMILES string of the molecule is C=C(N)NCCCN(CCCN=C(N)N)C(=O)NCCN=Cc1ccc(C(=O)OC2CCC3(C)C(=CCC4C3CCC3(C)C(C(C)CCCC(C)C)CCC43)C2)cc1. The number of benzene rings is 1. The van der Waals surface area contributed by atoms with Crippen molar-refractivity contribution in [3.63, 3.8) is 0 Å². The van der Waals surface area contributed by atoms with Crippen molar-refractivity contribution in [3.8, 4) is 0 Å². The van der Waals surface area contributed by atoms with Crippen LogP contribution in [0, 0.1) is 46.3 Å². The van der Waals surface area contributed by atoms with Crippen LogP contribution in [-0.2, 0) is 4.74 Å². The molecule has 1 aromatic carbocycles. The van der Waals surface area contributed by atoms with Crippen LogP contribution in [-0.4, -0.2) is 74.4 Å². The van der Waals surface area contributed by atoms with E-state index in [4.69, 9.17) is 21.9 Å². The van der Waals surface area contributed by atoms with Gasteiger partial charge >= 0.3 is 12.0 Å². The van der Waals surface area contributed by atoms with Crippen molar-refractivity contribution < 1.29 is 14.3 Å². The lowest BCUT2D eigenvalue weighted by molar-refractivity contribution is -0.0594. The molecule has 0 spiro atoms. The maximum Gasteiger partial charge on any atom is 0.338 e. The Balaban J connectivity index is 1.07. The quantitative estimate of drug-likeness (QED) is 0.0295. The van der Waals surface area contributed by atoms with Gasteiger partial charge in [0.25, 0.3) is 0 Å². The fourth-order valence-corrected chi connectivity index (χ4v) is 11.5. The minimum atomic E-state index is -0.256. The number of allylic oxidation sites excluding steroid dienone is 1. The number of hydrogen-bond donors (Lipinski definition) is 5. The van der Waals surface area contributed by atoms with Gasteiger partial charge in [0.2, 0.25) is 0 Å². The van der Waals surface area contributed by atoms with Crippen LogP contribution in [0.5, 0.6) is 0 Å². The lowest BCUT2D eigenvalue weighted by Crippen LogP contribution is -2.51. The molecule has 4 aliphatic rings. The summed E-state index contributed by atoms with van der Waals surface area (Å²) in [6.45, 7) is 19.1. The van der Waals surface area contributed by atoms with Crippen molar-refractivity contribution in [2.75, 3.05) is 39.3 Å². The second kappa shape index (κ2) is 20.8. The number of rotatable bonds is 20. The van der Waals surface area contributed by atoms with Gasteiger partial charge in [0.05, 0.1) is 17.9 Å². The standard InChI is InChI=1S/C47H76N8O3/c1-32(2)10-7-11-33(3)40-18-19-41-39-17-16-37-30-38(20-22-46(37,5)42(39)21-23-47(40,41)6)58-43(56)36-14-12-35(13-15-36)31-51-26-27-54-45(57)55(28-8-24-52-34(4)48)29-9-25-53-44(49)50/h12-16,31-33,38-42,52H,4,7-11,17-30,48H2,1-3,5-6H3,(H,54,57)(H4,49,50,53). The maximum atomic E-state index is 13.3. The zero-order chi connectivity index (χ0) is 41.9. The molecule has 0 aliphatic heterocycles. The number of ether oxygens (including phenoxy) is 1. The molecule has 2 amide bonds. The van der Waals surface area contributed by atoms with Crippen LogP contribution in [0.3, 0.4) is 0 Å². The van der Waals surface area contributed by atoms with Crippen LogP contribution in [0.25, 0.3) is 0 Å². The van der Waals surface area contributed by atoms with E-state index in [2.05, 4.69) is 67.9 Å². The average molecular weight is 801 g/mol. The smallest absolute Gasteiger partial charge is 0.338 e. The minimum Gasteiger partial charge on any atom is -0.458 e. The fraction of sp³-hybridized carbons (Fsp3) is 0.702. The summed E-state index contributed by atoms with van der Waals surface area (Å²) >= 11 is 0. The molecule has 0 radical (unpaired) electrons. The largest absolute Gasteiger partial charge is 0.458 e. The fourth-order valence-electron chi connectivity index (χ4n) is 11.5. The Morgan fingerprint density at radius 1 is 0.931 bits per heavy atom. The maximum absolute atomic E-state index is 13.3. The topological polar surface area (TPSA) is 173 Å². The molecular weight excluding hydrogens is 725 g/mol. The predicted molar refractivity (Wildman–Crippen MR) is 237 cm³/mol. The highest BCUT2D eigenvalue weighted by molar-refractivity contribution is 5.91. The van der Waals surface area contributed by atoms with Gasteiger partial charge in [-0.15, -0.1) is 0 Å². The second-order valence-corrected chi connectivity index (χ2v) is 18.9. The number of esters is 1. The van der Waals surface area contributed by atoms with Gasteiger partial charge in [-0.3, -0.25) is 9.98 Å². The van der Waals surface area contributed by atoms with E-state index in [-0.39, 0.29) is 29.5 Å².